The van der Waals surface area contributed by atoms with Crippen LogP contribution >= 0.6 is 11.5 Å². The predicted octanol–water partition coefficient (Wildman–Crippen LogP) is 1.05. The minimum absolute atomic E-state index is 0.0104. The van der Waals surface area contributed by atoms with Gasteiger partial charge >= 0.3 is 5.97 Å². The molecule has 0 aliphatic rings. The minimum Gasteiger partial charge on any atom is -0.478 e. The summed E-state index contributed by atoms with van der Waals surface area (Å²) in [5.74, 6) is -1.05. The van der Waals surface area contributed by atoms with Gasteiger partial charge in [0.05, 0.1) is 5.69 Å². The van der Waals surface area contributed by atoms with Gasteiger partial charge in [-0.2, -0.15) is 17.5 Å². The van der Waals surface area contributed by atoms with Crippen molar-refractivity contribution in [1.82, 2.24) is 9.10 Å². The molecule has 0 aromatic carbocycles. The van der Waals surface area contributed by atoms with Crippen molar-refractivity contribution in [1.29, 1.82) is 0 Å². The molecule has 1 heterocycles. The Labute approximate surface area is 110 Å². The fourth-order valence-electron chi connectivity index (χ4n) is 1.13. The van der Waals surface area contributed by atoms with Gasteiger partial charge in [-0.3, -0.25) is 4.72 Å². The molecular weight excluding hydrogens is 278 g/mol. The lowest BCUT2D eigenvalue weighted by molar-refractivity contribution is 0.0697. The first-order valence-corrected chi connectivity index (χ1v) is 7.45. The van der Waals surface area contributed by atoms with E-state index >= 15 is 0 Å². The first-order chi connectivity index (χ1) is 8.23. The van der Waals surface area contributed by atoms with E-state index in [0.717, 1.165) is 11.5 Å². The Morgan fingerprint density at radius 1 is 1.50 bits per heavy atom. The highest BCUT2D eigenvalue weighted by atomic mass is 32.2. The van der Waals surface area contributed by atoms with Gasteiger partial charge in [0.2, 0.25) is 0 Å². The Morgan fingerprint density at radius 3 is 2.61 bits per heavy atom. The van der Waals surface area contributed by atoms with Crippen molar-refractivity contribution < 1.29 is 18.3 Å². The largest absolute Gasteiger partial charge is 0.478 e. The first-order valence-electron chi connectivity index (χ1n) is 5.20. The number of nitrogens with one attached hydrogen (secondary N) is 2. The van der Waals surface area contributed by atoms with E-state index in [2.05, 4.69) is 13.8 Å². The van der Waals surface area contributed by atoms with E-state index in [9.17, 15) is 13.2 Å². The summed E-state index contributed by atoms with van der Waals surface area (Å²) in [5, 5.41) is 8.97. The highest BCUT2D eigenvalue weighted by Crippen LogP contribution is 2.25. The first kappa shape index (κ1) is 14.9. The van der Waals surface area contributed by atoms with Crippen molar-refractivity contribution >= 4 is 32.7 Å². The fraction of sp³-hybridized carbons (Fsp3) is 0.556. The third-order valence-corrected chi connectivity index (χ3v) is 3.99. The summed E-state index contributed by atoms with van der Waals surface area (Å²) in [6, 6.07) is 0. The second kappa shape index (κ2) is 5.63. The second-order valence-corrected chi connectivity index (χ2v) is 6.40. The smallest absolute Gasteiger partial charge is 0.340 e. The molecule has 1 aromatic heterocycles. The average molecular weight is 293 g/mol. The van der Waals surface area contributed by atoms with Gasteiger partial charge in [-0.05, 0) is 24.4 Å². The molecule has 0 radical (unpaired) electrons. The molecule has 0 saturated carbocycles. The number of aromatic carboxylic acids is 1. The summed E-state index contributed by atoms with van der Waals surface area (Å²) in [6.45, 7) is 5.51. The number of carboxylic acid groups (broad SMARTS) is 1. The van der Waals surface area contributed by atoms with Gasteiger partial charge in [0, 0.05) is 6.54 Å². The van der Waals surface area contributed by atoms with E-state index < -0.39 is 16.2 Å². The maximum Gasteiger partial charge on any atom is 0.340 e. The number of carbonyl (C=O) groups is 1. The van der Waals surface area contributed by atoms with Crippen molar-refractivity contribution in [2.75, 3.05) is 11.3 Å². The van der Waals surface area contributed by atoms with Crippen molar-refractivity contribution in [3.63, 3.8) is 0 Å². The Kier molecular flexibility index (Phi) is 4.65. The molecule has 1 aromatic rings. The van der Waals surface area contributed by atoms with E-state index in [1.807, 2.05) is 13.8 Å². The van der Waals surface area contributed by atoms with Crippen LogP contribution in [0.25, 0.3) is 0 Å². The Morgan fingerprint density at radius 2 is 2.11 bits per heavy atom. The Hall–Kier alpha value is -1.19. The van der Waals surface area contributed by atoms with Gasteiger partial charge < -0.3 is 5.11 Å². The maximum absolute atomic E-state index is 11.7. The third kappa shape index (κ3) is 3.93. The van der Waals surface area contributed by atoms with Gasteiger partial charge in [0.25, 0.3) is 10.2 Å². The summed E-state index contributed by atoms with van der Waals surface area (Å²) in [5.41, 5.74) is 0.170. The minimum atomic E-state index is -3.77. The number of nitrogens with zero attached hydrogens (tertiary/aromatic N) is 1. The number of aryl methyl sites for hydroxylation is 1. The van der Waals surface area contributed by atoms with Crippen LogP contribution < -0.4 is 9.44 Å². The van der Waals surface area contributed by atoms with Crippen LogP contribution in [0, 0.1) is 12.8 Å². The van der Waals surface area contributed by atoms with Crippen LogP contribution in [0.5, 0.6) is 0 Å². The molecule has 7 nitrogen and oxygen atoms in total. The zero-order chi connectivity index (χ0) is 13.9. The molecule has 0 amide bonds. The van der Waals surface area contributed by atoms with Gasteiger partial charge in [-0.15, -0.1) is 0 Å². The monoisotopic (exact) mass is 293 g/mol. The number of hydrogen-bond acceptors (Lipinski definition) is 5. The van der Waals surface area contributed by atoms with Crippen molar-refractivity contribution in [3.8, 4) is 0 Å². The molecule has 0 atom stereocenters. The molecule has 1 rings (SSSR count). The van der Waals surface area contributed by atoms with Gasteiger partial charge in [-0.1, -0.05) is 13.8 Å². The second-order valence-electron chi connectivity index (χ2n) is 4.13. The van der Waals surface area contributed by atoms with Crippen LogP contribution in [0.3, 0.4) is 0 Å². The van der Waals surface area contributed by atoms with Crippen LogP contribution in [0.15, 0.2) is 0 Å². The van der Waals surface area contributed by atoms with E-state index in [4.69, 9.17) is 5.11 Å². The standard InChI is InChI=1S/C9H15N3O4S2/c1-5(2)4-10-18(15,16)12-8-7(9(13)14)6(3)11-17-8/h5,10,12H,4H2,1-3H3,(H,13,14). The van der Waals surface area contributed by atoms with Gasteiger partial charge in [0.1, 0.15) is 10.6 Å². The zero-order valence-electron chi connectivity index (χ0n) is 10.2. The predicted molar refractivity (Wildman–Crippen MR) is 69.2 cm³/mol. The number of anilines is 1. The molecule has 0 unspecified atom stereocenters. The van der Waals surface area contributed by atoms with E-state index in [0.29, 0.717) is 0 Å². The lowest BCUT2D eigenvalue weighted by atomic mass is 10.2. The summed E-state index contributed by atoms with van der Waals surface area (Å²) in [6.07, 6.45) is 0. The van der Waals surface area contributed by atoms with E-state index in [1.54, 1.807) is 0 Å². The van der Waals surface area contributed by atoms with Crippen LogP contribution in [-0.4, -0.2) is 30.4 Å². The van der Waals surface area contributed by atoms with E-state index in [-0.39, 0.29) is 28.7 Å². The van der Waals surface area contributed by atoms with Crippen LogP contribution in [0.1, 0.15) is 29.9 Å². The lowest BCUT2D eigenvalue weighted by Crippen LogP contribution is -2.33. The summed E-state index contributed by atoms with van der Waals surface area (Å²) < 4.78 is 31.6. The van der Waals surface area contributed by atoms with Gasteiger partial charge in [0.15, 0.2) is 0 Å². The van der Waals surface area contributed by atoms with Crippen molar-refractivity contribution in [3.05, 3.63) is 11.3 Å². The SMILES string of the molecule is Cc1nsc(NS(=O)(=O)NCC(C)C)c1C(=O)O. The molecule has 0 aliphatic heterocycles. The lowest BCUT2D eigenvalue weighted by Gasteiger charge is -2.09. The average Bonchev–Trinajstić information content (AvgIpc) is 2.56. The summed E-state index contributed by atoms with van der Waals surface area (Å²) >= 11 is 0.805. The Bertz CT molecular complexity index is 536. The quantitative estimate of drug-likeness (QED) is 0.726. The molecule has 3 N–H and O–H groups in total. The highest BCUT2D eigenvalue weighted by Gasteiger charge is 2.21. The fourth-order valence-corrected chi connectivity index (χ4v) is 3.22. The van der Waals surface area contributed by atoms with Crippen LogP contribution in [0.4, 0.5) is 5.00 Å². The molecule has 0 saturated heterocycles. The van der Waals surface area contributed by atoms with Crippen LogP contribution in [-0.2, 0) is 10.2 Å². The number of rotatable bonds is 6. The number of carboxylic acids is 1. The molecule has 102 valence electrons. The summed E-state index contributed by atoms with van der Waals surface area (Å²) in [4.78, 5) is 11.0. The highest BCUT2D eigenvalue weighted by molar-refractivity contribution is 7.91. The van der Waals surface area contributed by atoms with Crippen molar-refractivity contribution in [2.45, 2.75) is 20.8 Å². The molecule has 18 heavy (non-hydrogen) atoms. The molecular formula is C9H15N3O4S2. The molecule has 0 bridgehead atoms. The molecule has 9 heteroatoms. The number of aromatic nitrogens is 1. The number of hydrogen-bond donors (Lipinski definition) is 3. The van der Waals surface area contributed by atoms with Crippen molar-refractivity contribution in [2.24, 2.45) is 5.92 Å². The van der Waals surface area contributed by atoms with Gasteiger partial charge in [-0.25, -0.2) is 4.79 Å². The third-order valence-electron chi connectivity index (χ3n) is 1.99. The molecule has 0 aliphatic carbocycles. The summed E-state index contributed by atoms with van der Waals surface area (Å²) in [7, 11) is -3.77. The topological polar surface area (TPSA) is 108 Å². The zero-order valence-corrected chi connectivity index (χ0v) is 11.9. The normalized spacial score (nSPS) is 11.8. The molecule has 0 fully saturated rings. The molecule has 0 spiro atoms. The maximum atomic E-state index is 11.7. The van der Waals surface area contributed by atoms with E-state index in [1.165, 1.54) is 6.92 Å². The Balaban J connectivity index is 2.88. The van der Waals surface area contributed by atoms with Crippen LogP contribution in [0.2, 0.25) is 0 Å².